The van der Waals surface area contributed by atoms with Crippen LogP contribution in [0.25, 0.3) is 0 Å². The lowest BCUT2D eigenvalue weighted by atomic mass is 9.97. The van der Waals surface area contributed by atoms with Crippen molar-refractivity contribution in [1.29, 1.82) is 0 Å². The van der Waals surface area contributed by atoms with E-state index in [9.17, 15) is 0 Å². The highest BCUT2D eigenvalue weighted by atomic mass is 32.1. The minimum absolute atomic E-state index is 0.0387. The first-order valence-corrected chi connectivity index (χ1v) is 8.00. The zero-order chi connectivity index (χ0) is 14.4. The van der Waals surface area contributed by atoms with Crippen molar-refractivity contribution < 1.29 is 4.74 Å². The van der Waals surface area contributed by atoms with Gasteiger partial charge < -0.3 is 10.1 Å². The van der Waals surface area contributed by atoms with Crippen LogP contribution in [0.3, 0.4) is 0 Å². The van der Waals surface area contributed by atoms with Crippen LogP contribution in [0.15, 0.2) is 41.8 Å². The topological polar surface area (TPSA) is 21.3 Å². The van der Waals surface area contributed by atoms with Crippen LogP contribution in [0.1, 0.15) is 41.5 Å². The van der Waals surface area contributed by atoms with Crippen molar-refractivity contribution in [3.63, 3.8) is 0 Å². The van der Waals surface area contributed by atoms with Gasteiger partial charge in [0.25, 0.3) is 0 Å². The van der Waals surface area contributed by atoms with Crippen LogP contribution in [-0.4, -0.2) is 13.7 Å². The van der Waals surface area contributed by atoms with E-state index in [2.05, 4.69) is 54.9 Å². The molecule has 0 aliphatic carbocycles. The van der Waals surface area contributed by atoms with Gasteiger partial charge in [-0.2, -0.15) is 0 Å². The Morgan fingerprint density at radius 1 is 1.20 bits per heavy atom. The summed E-state index contributed by atoms with van der Waals surface area (Å²) >= 11 is 1.79. The molecule has 0 saturated carbocycles. The fourth-order valence-electron chi connectivity index (χ4n) is 2.43. The molecule has 3 heteroatoms. The standard InChI is InChI=1S/C17H23NOS/c1-4-10-18-16(15-11-13(2)20-12-15)17(19-3)14-8-6-5-7-9-14/h5-9,11-12,16-18H,4,10H2,1-3H3. The van der Waals surface area contributed by atoms with Gasteiger partial charge >= 0.3 is 0 Å². The lowest BCUT2D eigenvalue weighted by Crippen LogP contribution is -2.28. The minimum atomic E-state index is 0.0387. The average Bonchev–Trinajstić information content (AvgIpc) is 2.90. The van der Waals surface area contributed by atoms with E-state index in [0.29, 0.717) is 0 Å². The van der Waals surface area contributed by atoms with E-state index >= 15 is 0 Å². The molecule has 0 saturated heterocycles. The van der Waals surface area contributed by atoms with E-state index in [0.717, 1.165) is 13.0 Å². The molecule has 2 atom stereocenters. The summed E-state index contributed by atoms with van der Waals surface area (Å²) in [5.41, 5.74) is 2.53. The molecule has 2 aromatic rings. The summed E-state index contributed by atoms with van der Waals surface area (Å²) in [7, 11) is 1.79. The van der Waals surface area contributed by atoms with Crippen LogP contribution in [0, 0.1) is 6.92 Å². The van der Waals surface area contributed by atoms with Gasteiger partial charge in [0.15, 0.2) is 0 Å². The Morgan fingerprint density at radius 2 is 1.95 bits per heavy atom. The number of rotatable bonds is 7. The fourth-order valence-corrected chi connectivity index (χ4v) is 3.17. The van der Waals surface area contributed by atoms with E-state index in [1.165, 1.54) is 16.0 Å². The van der Waals surface area contributed by atoms with Gasteiger partial charge in [-0.05, 0) is 42.5 Å². The minimum Gasteiger partial charge on any atom is -0.375 e. The number of thiophene rings is 1. The average molecular weight is 289 g/mol. The second-order valence-electron chi connectivity index (χ2n) is 4.99. The van der Waals surface area contributed by atoms with Crippen molar-refractivity contribution >= 4 is 11.3 Å². The molecule has 0 spiro atoms. The Morgan fingerprint density at radius 3 is 2.50 bits per heavy atom. The van der Waals surface area contributed by atoms with Crippen molar-refractivity contribution in [3.05, 3.63) is 57.8 Å². The molecule has 1 aromatic heterocycles. The molecule has 0 amide bonds. The van der Waals surface area contributed by atoms with E-state index < -0.39 is 0 Å². The summed E-state index contributed by atoms with van der Waals surface area (Å²) in [6.45, 7) is 5.33. The fraction of sp³-hybridized carbons (Fsp3) is 0.412. The predicted molar refractivity (Wildman–Crippen MR) is 86.3 cm³/mol. The monoisotopic (exact) mass is 289 g/mol. The van der Waals surface area contributed by atoms with Gasteiger partial charge in [-0.3, -0.25) is 0 Å². The Balaban J connectivity index is 2.28. The summed E-state index contributed by atoms with van der Waals surface area (Å²) in [6.07, 6.45) is 1.15. The maximum Gasteiger partial charge on any atom is 0.102 e. The maximum atomic E-state index is 5.80. The highest BCUT2D eigenvalue weighted by Gasteiger charge is 2.24. The molecule has 2 unspecified atom stereocenters. The Hall–Kier alpha value is -1.16. The SMILES string of the molecule is CCCNC(c1csc(C)c1)C(OC)c1ccccc1. The molecule has 0 radical (unpaired) electrons. The number of hydrogen-bond donors (Lipinski definition) is 1. The lowest BCUT2D eigenvalue weighted by Gasteiger charge is -2.27. The third kappa shape index (κ3) is 3.69. The third-order valence-corrected chi connectivity index (χ3v) is 4.29. The van der Waals surface area contributed by atoms with Crippen molar-refractivity contribution in [2.24, 2.45) is 0 Å². The van der Waals surface area contributed by atoms with Crippen molar-refractivity contribution in [2.45, 2.75) is 32.4 Å². The molecular weight excluding hydrogens is 266 g/mol. The highest BCUT2D eigenvalue weighted by molar-refractivity contribution is 7.10. The Labute approximate surface area is 125 Å². The summed E-state index contributed by atoms with van der Waals surface area (Å²) in [5, 5.41) is 5.86. The molecule has 0 aliphatic rings. The normalized spacial score (nSPS) is 14.2. The van der Waals surface area contributed by atoms with Crippen LogP contribution >= 0.6 is 11.3 Å². The van der Waals surface area contributed by atoms with Crippen LogP contribution in [0.5, 0.6) is 0 Å². The van der Waals surface area contributed by atoms with Gasteiger partial charge in [0, 0.05) is 12.0 Å². The molecule has 20 heavy (non-hydrogen) atoms. The van der Waals surface area contributed by atoms with E-state index in [-0.39, 0.29) is 12.1 Å². The molecule has 1 N–H and O–H groups in total. The van der Waals surface area contributed by atoms with Crippen molar-refractivity contribution in [1.82, 2.24) is 5.32 Å². The van der Waals surface area contributed by atoms with Crippen LogP contribution in [0.4, 0.5) is 0 Å². The molecule has 2 rings (SSSR count). The molecular formula is C17H23NOS. The number of methoxy groups -OCH3 is 1. The van der Waals surface area contributed by atoms with Crippen molar-refractivity contribution in [2.75, 3.05) is 13.7 Å². The van der Waals surface area contributed by atoms with Gasteiger partial charge in [-0.25, -0.2) is 0 Å². The van der Waals surface area contributed by atoms with E-state index in [4.69, 9.17) is 4.74 Å². The van der Waals surface area contributed by atoms with Gasteiger partial charge in [0.2, 0.25) is 0 Å². The molecule has 0 aliphatic heterocycles. The number of hydrogen-bond acceptors (Lipinski definition) is 3. The first kappa shape index (κ1) is 15.2. The largest absolute Gasteiger partial charge is 0.375 e. The predicted octanol–water partition coefficient (Wildman–Crippen LogP) is 4.48. The van der Waals surface area contributed by atoms with Gasteiger partial charge in [0.05, 0.1) is 6.04 Å². The summed E-state index contributed by atoms with van der Waals surface area (Å²) < 4.78 is 5.80. The third-order valence-electron chi connectivity index (χ3n) is 3.41. The van der Waals surface area contributed by atoms with Gasteiger partial charge in [-0.1, -0.05) is 37.3 Å². The quantitative estimate of drug-likeness (QED) is 0.811. The Bertz CT molecular complexity index is 509. The van der Waals surface area contributed by atoms with E-state index in [1.54, 1.807) is 18.4 Å². The maximum absolute atomic E-state index is 5.80. The number of ether oxygens (including phenoxy) is 1. The number of benzene rings is 1. The molecule has 1 heterocycles. The van der Waals surface area contributed by atoms with Crippen molar-refractivity contribution in [3.8, 4) is 0 Å². The smallest absolute Gasteiger partial charge is 0.102 e. The molecule has 2 nitrogen and oxygen atoms in total. The molecule has 1 aromatic carbocycles. The summed E-state index contributed by atoms with van der Waals surface area (Å²) in [6, 6.07) is 12.9. The van der Waals surface area contributed by atoms with Crippen LogP contribution in [-0.2, 0) is 4.74 Å². The summed E-state index contributed by atoms with van der Waals surface area (Å²) in [4.78, 5) is 1.34. The second kappa shape index (κ2) is 7.58. The van der Waals surface area contributed by atoms with Crippen LogP contribution in [0.2, 0.25) is 0 Å². The van der Waals surface area contributed by atoms with Crippen LogP contribution < -0.4 is 5.32 Å². The van der Waals surface area contributed by atoms with Gasteiger partial charge in [-0.15, -0.1) is 11.3 Å². The molecule has 0 bridgehead atoms. The first-order chi connectivity index (χ1) is 9.76. The molecule has 108 valence electrons. The Kier molecular flexibility index (Phi) is 5.77. The number of aryl methyl sites for hydroxylation is 1. The second-order valence-corrected chi connectivity index (χ2v) is 6.10. The lowest BCUT2D eigenvalue weighted by molar-refractivity contribution is 0.0677. The number of nitrogens with one attached hydrogen (secondary N) is 1. The zero-order valence-corrected chi connectivity index (χ0v) is 13.2. The highest BCUT2D eigenvalue weighted by Crippen LogP contribution is 2.33. The van der Waals surface area contributed by atoms with Gasteiger partial charge in [0.1, 0.15) is 6.10 Å². The summed E-state index contributed by atoms with van der Waals surface area (Å²) in [5.74, 6) is 0. The molecule has 0 fully saturated rings. The first-order valence-electron chi connectivity index (χ1n) is 7.12. The zero-order valence-electron chi connectivity index (χ0n) is 12.4. The van der Waals surface area contributed by atoms with E-state index in [1.807, 2.05) is 6.07 Å².